The molecule has 1 atom stereocenters. The number of hydrogen-bond acceptors (Lipinski definition) is 6. The molecular weight excluding hydrogens is 316 g/mol. The van der Waals surface area contributed by atoms with Crippen molar-refractivity contribution in [1.82, 2.24) is 14.9 Å². The monoisotopic (exact) mass is 342 g/mol. The quantitative estimate of drug-likeness (QED) is 0.854. The molecule has 0 amide bonds. The zero-order valence-electron chi connectivity index (χ0n) is 14.9. The second-order valence-corrected chi connectivity index (χ2v) is 7.35. The van der Waals surface area contributed by atoms with Crippen molar-refractivity contribution in [1.29, 1.82) is 0 Å². The van der Waals surface area contributed by atoms with Gasteiger partial charge < -0.3 is 14.1 Å². The van der Waals surface area contributed by atoms with Gasteiger partial charge in [0, 0.05) is 37.4 Å². The molecule has 0 bridgehead atoms. The molecule has 0 aliphatic carbocycles. The van der Waals surface area contributed by atoms with Crippen LogP contribution in [0.15, 0.2) is 35.0 Å². The molecule has 0 aromatic carbocycles. The number of piperidine rings is 1. The highest BCUT2D eigenvalue weighted by molar-refractivity contribution is 5.29. The Labute approximate surface area is 148 Å². The average Bonchev–Trinajstić information content (AvgIpc) is 2.92. The molecule has 0 N–H and O–H groups in total. The highest BCUT2D eigenvalue weighted by atomic mass is 16.5. The van der Waals surface area contributed by atoms with Crippen LogP contribution in [0.5, 0.6) is 0 Å². The number of hydrogen-bond donors (Lipinski definition) is 0. The first-order valence-electron chi connectivity index (χ1n) is 9.10. The zero-order chi connectivity index (χ0) is 17.1. The van der Waals surface area contributed by atoms with E-state index in [0.29, 0.717) is 0 Å². The maximum absolute atomic E-state index is 5.99. The molecule has 1 spiro atoms. The van der Waals surface area contributed by atoms with E-state index in [1.54, 1.807) is 0 Å². The van der Waals surface area contributed by atoms with E-state index >= 15 is 0 Å². The molecule has 6 heteroatoms. The molecule has 1 unspecified atom stereocenters. The molecule has 2 aromatic heterocycles. The zero-order valence-corrected chi connectivity index (χ0v) is 14.9. The van der Waals surface area contributed by atoms with Gasteiger partial charge in [-0.1, -0.05) is 0 Å². The number of rotatable bonds is 3. The van der Waals surface area contributed by atoms with Gasteiger partial charge in [0.2, 0.25) is 5.95 Å². The Balaban J connectivity index is 1.48. The summed E-state index contributed by atoms with van der Waals surface area (Å²) in [6, 6.07) is 5.99. The van der Waals surface area contributed by atoms with Crippen molar-refractivity contribution >= 4 is 5.95 Å². The van der Waals surface area contributed by atoms with Crippen LogP contribution in [0.25, 0.3) is 0 Å². The molecule has 2 aromatic rings. The molecular formula is C19H26N4O2. The number of nitrogens with zero attached hydrogens (tertiary/aromatic N) is 4. The second-order valence-electron chi connectivity index (χ2n) is 7.35. The summed E-state index contributed by atoms with van der Waals surface area (Å²) in [6.07, 6.45) is 6.00. The fraction of sp³-hybridized carbons (Fsp3) is 0.579. The van der Waals surface area contributed by atoms with Crippen LogP contribution in [0, 0.1) is 12.3 Å². The van der Waals surface area contributed by atoms with Crippen LogP contribution in [-0.2, 0) is 11.3 Å². The minimum Gasteiger partial charge on any atom is -0.465 e. The fourth-order valence-electron chi connectivity index (χ4n) is 4.10. The highest BCUT2D eigenvalue weighted by Crippen LogP contribution is 2.34. The Morgan fingerprint density at radius 2 is 2.04 bits per heavy atom. The van der Waals surface area contributed by atoms with E-state index in [9.17, 15) is 0 Å². The molecule has 134 valence electrons. The van der Waals surface area contributed by atoms with Crippen molar-refractivity contribution in [2.45, 2.75) is 26.3 Å². The number of anilines is 1. The van der Waals surface area contributed by atoms with Gasteiger partial charge in [-0.3, -0.25) is 4.90 Å². The summed E-state index contributed by atoms with van der Waals surface area (Å²) in [7, 11) is 0. The number of ether oxygens (including phenoxy) is 1. The van der Waals surface area contributed by atoms with Crippen molar-refractivity contribution < 1.29 is 9.15 Å². The first-order valence-corrected chi connectivity index (χ1v) is 9.10. The number of aromatic nitrogens is 2. The van der Waals surface area contributed by atoms with Gasteiger partial charge in [0.1, 0.15) is 11.5 Å². The molecule has 4 rings (SSSR count). The summed E-state index contributed by atoms with van der Waals surface area (Å²) in [6.45, 7) is 8.35. The summed E-state index contributed by atoms with van der Waals surface area (Å²) in [5.41, 5.74) is 0.135. The first kappa shape index (κ1) is 16.5. The lowest BCUT2D eigenvalue weighted by Crippen LogP contribution is -2.50. The predicted octanol–water partition coefficient (Wildman–Crippen LogP) is 2.50. The number of likely N-dealkylation sites (tertiary alicyclic amines) is 1. The molecule has 2 fully saturated rings. The molecule has 25 heavy (non-hydrogen) atoms. The second kappa shape index (κ2) is 7.14. The molecule has 4 heterocycles. The van der Waals surface area contributed by atoms with E-state index in [1.807, 2.05) is 31.5 Å². The van der Waals surface area contributed by atoms with Crippen LogP contribution in [0.4, 0.5) is 5.95 Å². The summed E-state index contributed by atoms with van der Waals surface area (Å²) in [4.78, 5) is 13.7. The molecule has 0 radical (unpaired) electrons. The number of furan rings is 1. The van der Waals surface area contributed by atoms with Crippen molar-refractivity contribution in [3.05, 3.63) is 42.1 Å². The van der Waals surface area contributed by atoms with Gasteiger partial charge in [0.05, 0.1) is 19.8 Å². The van der Waals surface area contributed by atoms with Crippen LogP contribution in [-0.4, -0.2) is 54.3 Å². The van der Waals surface area contributed by atoms with Crippen LogP contribution < -0.4 is 4.90 Å². The Morgan fingerprint density at radius 1 is 1.16 bits per heavy atom. The van der Waals surface area contributed by atoms with E-state index in [-0.39, 0.29) is 5.41 Å². The Bertz CT molecular complexity index is 690. The Morgan fingerprint density at radius 3 is 2.84 bits per heavy atom. The summed E-state index contributed by atoms with van der Waals surface area (Å²) in [5.74, 6) is 2.84. The third kappa shape index (κ3) is 3.85. The van der Waals surface area contributed by atoms with Gasteiger partial charge in [0.25, 0.3) is 0 Å². The lowest BCUT2D eigenvalue weighted by atomic mass is 9.80. The smallest absolute Gasteiger partial charge is 0.225 e. The largest absolute Gasteiger partial charge is 0.465 e. The predicted molar refractivity (Wildman–Crippen MR) is 95.5 cm³/mol. The number of aryl methyl sites for hydroxylation is 1. The van der Waals surface area contributed by atoms with Crippen molar-refractivity contribution in [2.75, 3.05) is 44.3 Å². The summed E-state index contributed by atoms with van der Waals surface area (Å²) < 4.78 is 11.8. The van der Waals surface area contributed by atoms with Crippen molar-refractivity contribution in [2.24, 2.45) is 5.41 Å². The van der Waals surface area contributed by atoms with E-state index in [1.165, 1.54) is 12.8 Å². The highest BCUT2D eigenvalue weighted by Gasteiger charge is 2.39. The van der Waals surface area contributed by atoms with Crippen LogP contribution in [0.3, 0.4) is 0 Å². The lowest BCUT2D eigenvalue weighted by molar-refractivity contribution is 0.00871. The molecule has 2 aliphatic rings. The van der Waals surface area contributed by atoms with Crippen LogP contribution in [0.2, 0.25) is 0 Å². The third-order valence-corrected chi connectivity index (χ3v) is 5.19. The van der Waals surface area contributed by atoms with Crippen LogP contribution in [0.1, 0.15) is 24.4 Å². The van der Waals surface area contributed by atoms with Gasteiger partial charge in [-0.15, -0.1) is 0 Å². The van der Waals surface area contributed by atoms with Gasteiger partial charge in [-0.2, -0.15) is 0 Å². The maximum atomic E-state index is 5.99. The average molecular weight is 342 g/mol. The van der Waals surface area contributed by atoms with E-state index in [2.05, 4.69) is 25.8 Å². The van der Waals surface area contributed by atoms with Gasteiger partial charge in [0.15, 0.2) is 0 Å². The van der Waals surface area contributed by atoms with E-state index < -0.39 is 0 Å². The Kier molecular flexibility index (Phi) is 4.72. The molecule has 0 saturated carbocycles. The topological polar surface area (TPSA) is 54.6 Å². The minimum atomic E-state index is 0.135. The van der Waals surface area contributed by atoms with Crippen molar-refractivity contribution in [3.8, 4) is 0 Å². The van der Waals surface area contributed by atoms with E-state index in [0.717, 1.165) is 63.4 Å². The fourth-order valence-corrected chi connectivity index (χ4v) is 4.10. The van der Waals surface area contributed by atoms with Gasteiger partial charge in [-0.05, 0) is 44.5 Å². The summed E-state index contributed by atoms with van der Waals surface area (Å²) in [5, 5.41) is 0. The van der Waals surface area contributed by atoms with E-state index in [4.69, 9.17) is 9.15 Å². The molecule has 2 aliphatic heterocycles. The Hall–Kier alpha value is -1.92. The first-order chi connectivity index (χ1) is 12.2. The van der Waals surface area contributed by atoms with Gasteiger partial charge >= 0.3 is 0 Å². The maximum Gasteiger partial charge on any atom is 0.225 e. The molecule has 6 nitrogen and oxygen atoms in total. The minimum absolute atomic E-state index is 0.135. The standard InChI is InChI=1S/C19H26N4O2/c1-16-4-5-17(25-16)12-22-9-2-6-19(13-22)14-23(10-11-24-15-19)18-20-7-3-8-21-18/h3-5,7-8H,2,6,9-15H2,1H3. The molecule has 2 saturated heterocycles. The normalized spacial score (nSPS) is 25.2. The lowest BCUT2D eigenvalue weighted by Gasteiger charge is -2.43. The summed E-state index contributed by atoms with van der Waals surface area (Å²) >= 11 is 0. The van der Waals surface area contributed by atoms with Crippen molar-refractivity contribution in [3.63, 3.8) is 0 Å². The van der Waals surface area contributed by atoms with Crippen LogP contribution >= 0.6 is 0 Å². The SMILES string of the molecule is Cc1ccc(CN2CCCC3(COCCN(c4ncccn4)C3)C2)o1. The third-order valence-electron chi connectivity index (χ3n) is 5.19. The van der Waals surface area contributed by atoms with Gasteiger partial charge in [-0.25, -0.2) is 9.97 Å².